The molecule has 3 rings (SSSR count). The van der Waals surface area contributed by atoms with Gasteiger partial charge in [-0.2, -0.15) is 0 Å². The fraction of sp³-hybridized carbons (Fsp3) is 0.300. The molecule has 128 valence electrons. The smallest absolute Gasteiger partial charge is 0.159 e. The first kappa shape index (κ1) is 17.0. The van der Waals surface area contributed by atoms with Gasteiger partial charge in [0.25, 0.3) is 0 Å². The second-order valence-electron chi connectivity index (χ2n) is 5.81. The van der Waals surface area contributed by atoms with E-state index in [1.807, 2.05) is 36.7 Å². The van der Waals surface area contributed by atoms with Gasteiger partial charge in [-0.25, -0.2) is 19.9 Å². The summed E-state index contributed by atoms with van der Waals surface area (Å²) in [5, 5.41) is 0. The van der Waals surface area contributed by atoms with Crippen LogP contribution in [0.1, 0.15) is 32.5 Å². The largest absolute Gasteiger partial charge is 0.490 e. The fourth-order valence-corrected chi connectivity index (χ4v) is 2.43. The number of aromatic nitrogens is 4. The molecule has 2 heterocycles. The van der Waals surface area contributed by atoms with Crippen molar-refractivity contribution in [2.45, 2.75) is 33.1 Å². The lowest BCUT2D eigenvalue weighted by Crippen LogP contribution is -1.97. The maximum Gasteiger partial charge on any atom is 0.159 e. The number of ether oxygens (including phenoxy) is 1. The second-order valence-corrected chi connectivity index (χ2v) is 5.81. The molecule has 5 heteroatoms. The van der Waals surface area contributed by atoms with E-state index < -0.39 is 0 Å². The Bertz CT molecular complexity index is 783. The molecule has 25 heavy (non-hydrogen) atoms. The van der Waals surface area contributed by atoms with E-state index in [0.717, 1.165) is 41.8 Å². The molecular weight excluding hydrogens is 312 g/mol. The normalized spacial score (nSPS) is 10.6. The predicted molar refractivity (Wildman–Crippen MR) is 98.3 cm³/mol. The van der Waals surface area contributed by atoms with Crippen molar-refractivity contribution >= 4 is 0 Å². The Morgan fingerprint density at radius 1 is 0.720 bits per heavy atom. The predicted octanol–water partition coefficient (Wildman–Crippen LogP) is 4.34. The van der Waals surface area contributed by atoms with Crippen LogP contribution in [0.3, 0.4) is 0 Å². The zero-order valence-corrected chi connectivity index (χ0v) is 14.6. The van der Waals surface area contributed by atoms with Crippen LogP contribution in [0.2, 0.25) is 0 Å². The van der Waals surface area contributed by atoms with Crippen molar-refractivity contribution in [3.05, 3.63) is 54.9 Å². The van der Waals surface area contributed by atoms with Crippen molar-refractivity contribution < 1.29 is 4.74 Å². The Kier molecular flexibility index (Phi) is 5.67. The first-order valence-corrected chi connectivity index (χ1v) is 8.66. The highest BCUT2D eigenvalue weighted by Crippen LogP contribution is 2.22. The van der Waals surface area contributed by atoms with E-state index in [1.54, 1.807) is 12.4 Å². The topological polar surface area (TPSA) is 60.8 Å². The average Bonchev–Trinajstić information content (AvgIpc) is 2.68. The van der Waals surface area contributed by atoms with E-state index in [0.29, 0.717) is 18.2 Å². The Morgan fingerprint density at radius 2 is 1.36 bits per heavy atom. The molecule has 0 amide bonds. The highest BCUT2D eigenvalue weighted by molar-refractivity contribution is 5.66. The molecule has 0 aliphatic heterocycles. The monoisotopic (exact) mass is 334 g/mol. The molecule has 5 nitrogen and oxygen atoms in total. The van der Waals surface area contributed by atoms with Crippen LogP contribution in [0.5, 0.6) is 5.75 Å². The van der Waals surface area contributed by atoms with Gasteiger partial charge in [0, 0.05) is 29.9 Å². The molecule has 0 unspecified atom stereocenters. The van der Waals surface area contributed by atoms with E-state index in [4.69, 9.17) is 4.74 Å². The summed E-state index contributed by atoms with van der Waals surface area (Å²) < 4.78 is 5.51. The molecule has 1 aromatic carbocycles. The van der Waals surface area contributed by atoms with Crippen LogP contribution in [0.4, 0.5) is 0 Å². The molecular formula is C20H22N4O. The van der Waals surface area contributed by atoms with Gasteiger partial charge in [0.2, 0.25) is 0 Å². The summed E-state index contributed by atoms with van der Waals surface area (Å²) in [5.41, 5.74) is 3.06. The number of hydrogen-bond donors (Lipinski definition) is 0. The van der Waals surface area contributed by atoms with Gasteiger partial charge >= 0.3 is 0 Å². The van der Waals surface area contributed by atoms with E-state index in [9.17, 15) is 0 Å². The minimum absolute atomic E-state index is 0.677. The third-order valence-electron chi connectivity index (χ3n) is 3.76. The highest BCUT2D eigenvalue weighted by Gasteiger charge is 2.05. The summed E-state index contributed by atoms with van der Waals surface area (Å²) in [6.45, 7) is 4.87. The summed E-state index contributed by atoms with van der Waals surface area (Å²) >= 11 is 0. The first-order valence-electron chi connectivity index (χ1n) is 8.66. The standard InChI is InChI=1S/C20H22N4O/c1-3-5-19-21-11-17(12-22-19)15-6-8-16(9-7-15)20-23-13-18(14-24-20)25-10-4-2/h6-9,11-14H,3-5,10H2,1-2H3. The minimum atomic E-state index is 0.677. The van der Waals surface area contributed by atoms with E-state index in [1.165, 1.54) is 0 Å². The lowest BCUT2D eigenvalue weighted by Gasteiger charge is -2.06. The Labute approximate surface area is 148 Å². The molecule has 0 saturated heterocycles. The molecule has 0 aliphatic rings. The molecule has 0 spiro atoms. The quantitative estimate of drug-likeness (QED) is 0.643. The van der Waals surface area contributed by atoms with Gasteiger partial charge in [0.1, 0.15) is 5.82 Å². The lowest BCUT2D eigenvalue weighted by atomic mass is 10.1. The maximum atomic E-state index is 5.51. The van der Waals surface area contributed by atoms with E-state index >= 15 is 0 Å². The lowest BCUT2D eigenvalue weighted by molar-refractivity contribution is 0.315. The highest BCUT2D eigenvalue weighted by atomic mass is 16.5. The van der Waals surface area contributed by atoms with Crippen molar-refractivity contribution in [1.82, 2.24) is 19.9 Å². The van der Waals surface area contributed by atoms with Crippen LogP contribution < -0.4 is 4.74 Å². The third-order valence-corrected chi connectivity index (χ3v) is 3.76. The number of aryl methyl sites for hydroxylation is 1. The summed E-state index contributed by atoms with van der Waals surface area (Å²) in [6, 6.07) is 8.10. The first-order chi connectivity index (χ1) is 12.3. The second kappa shape index (κ2) is 8.33. The molecule has 0 fully saturated rings. The van der Waals surface area contributed by atoms with Crippen molar-refractivity contribution in [3.8, 4) is 28.3 Å². The molecule has 3 aromatic rings. The number of benzene rings is 1. The molecule has 0 radical (unpaired) electrons. The van der Waals surface area contributed by atoms with Crippen LogP contribution >= 0.6 is 0 Å². The minimum Gasteiger partial charge on any atom is -0.490 e. The molecule has 0 atom stereocenters. The molecule has 0 saturated carbocycles. The van der Waals surface area contributed by atoms with Crippen LogP contribution in [0.15, 0.2) is 49.1 Å². The van der Waals surface area contributed by atoms with E-state index in [-0.39, 0.29) is 0 Å². The van der Waals surface area contributed by atoms with Crippen LogP contribution in [0, 0.1) is 0 Å². The zero-order chi connectivity index (χ0) is 17.5. The van der Waals surface area contributed by atoms with Gasteiger partial charge in [0.15, 0.2) is 11.6 Å². The Balaban J connectivity index is 1.73. The van der Waals surface area contributed by atoms with Gasteiger partial charge in [-0.05, 0) is 18.4 Å². The summed E-state index contributed by atoms with van der Waals surface area (Å²) in [7, 11) is 0. The van der Waals surface area contributed by atoms with Gasteiger partial charge in [-0.1, -0.05) is 38.1 Å². The molecule has 0 bridgehead atoms. The van der Waals surface area contributed by atoms with Gasteiger partial charge in [-0.3, -0.25) is 0 Å². The third kappa shape index (κ3) is 4.38. The average molecular weight is 334 g/mol. The summed E-state index contributed by atoms with van der Waals surface area (Å²) in [4.78, 5) is 17.6. The fourth-order valence-electron chi connectivity index (χ4n) is 2.43. The SMILES string of the molecule is CCCOc1cnc(-c2ccc(-c3cnc(CCC)nc3)cc2)nc1. The Morgan fingerprint density at radius 3 is 1.96 bits per heavy atom. The van der Waals surface area contributed by atoms with Crippen molar-refractivity contribution in [3.63, 3.8) is 0 Å². The van der Waals surface area contributed by atoms with Crippen molar-refractivity contribution in [1.29, 1.82) is 0 Å². The van der Waals surface area contributed by atoms with Crippen LogP contribution in [-0.4, -0.2) is 26.5 Å². The Hall–Kier alpha value is -2.82. The summed E-state index contributed by atoms with van der Waals surface area (Å²) in [6.07, 6.45) is 10.1. The summed E-state index contributed by atoms with van der Waals surface area (Å²) in [5.74, 6) is 2.28. The van der Waals surface area contributed by atoms with Crippen LogP contribution in [-0.2, 0) is 6.42 Å². The number of nitrogens with zero attached hydrogens (tertiary/aromatic N) is 4. The maximum absolute atomic E-state index is 5.51. The molecule has 0 aliphatic carbocycles. The van der Waals surface area contributed by atoms with Gasteiger partial charge < -0.3 is 4.74 Å². The van der Waals surface area contributed by atoms with E-state index in [2.05, 4.69) is 33.8 Å². The molecule has 2 aromatic heterocycles. The van der Waals surface area contributed by atoms with Crippen molar-refractivity contribution in [2.75, 3.05) is 6.61 Å². The molecule has 0 N–H and O–H groups in total. The van der Waals surface area contributed by atoms with Gasteiger partial charge in [0.05, 0.1) is 19.0 Å². The number of hydrogen-bond acceptors (Lipinski definition) is 5. The van der Waals surface area contributed by atoms with Gasteiger partial charge in [-0.15, -0.1) is 0 Å². The van der Waals surface area contributed by atoms with Crippen LogP contribution in [0.25, 0.3) is 22.5 Å². The zero-order valence-electron chi connectivity index (χ0n) is 14.6. The number of rotatable bonds is 7. The van der Waals surface area contributed by atoms with Crippen molar-refractivity contribution in [2.24, 2.45) is 0 Å².